The van der Waals surface area contributed by atoms with Crippen molar-refractivity contribution in [1.29, 1.82) is 0 Å². The lowest BCUT2D eigenvalue weighted by molar-refractivity contribution is 0.00843. The molecule has 274 valence electrons. The smallest absolute Gasteiger partial charge is 0.245 e. The van der Waals surface area contributed by atoms with Gasteiger partial charge in [-0.05, 0) is 75.2 Å². The minimum absolute atomic E-state index is 0.0152. The first kappa shape index (κ1) is 41.3. The van der Waals surface area contributed by atoms with Crippen molar-refractivity contribution >= 4 is 0 Å². The molecule has 0 amide bonds. The fraction of sp³-hybridized carbons (Fsp3) is 0.700. The van der Waals surface area contributed by atoms with Gasteiger partial charge in [0.1, 0.15) is 6.61 Å². The third-order valence-electron chi connectivity index (χ3n) is 10.3. The molecule has 1 aliphatic carbocycles. The fourth-order valence-corrected chi connectivity index (χ4v) is 7.04. The van der Waals surface area contributed by atoms with E-state index >= 15 is 0 Å². The first-order chi connectivity index (χ1) is 22.2. The molecule has 1 aliphatic heterocycles. The number of nitrogens with zero attached hydrogens (tertiary/aromatic N) is 1. The summed E-state index contributed by atoms with van der Waals surface area (Å²) in [6, 6.07) is -0.290. The van der Waals surface area contributed by atoms with E-state index in [0.717, 1.165) is 61.3 Å². The molecule has 4 N–H and O–H groups in total. The molecule has 6 atom stereocenters. The predicted octanol–water partition coefficient (Wildman–Crippen LogP) is 9.00. The molecule has 48 heavy (non-hydrogen) atoms. The second-order valence-corrected chi connectivity index (χ2v) is 15.8. The van der Waals surface area contributed by atoms with Crippen molar-refractivity contribution in [2.45, 2.75) is 137 Å². The maximum absolute atomic E-state index is 14.1. The third kappa shape index (κ3) is 12.9. The van der Waals surface area contributed by atoms with E-state index in [1.54, 1.807) is 0 Å². The molecule has 0 bridgehead atoms. The molecule has 0 aromatic heterocycles. The van der Waals surface area contributed by atoms with Crippen molar-refractivity contribution in [3.63, 3.8) is 0 Å². The van der Waals surface area contributed by atoms with Crippen molar-refractivity contribution in [1.82, 2.24) is 26.2 Å². The molecular weight excluding hydrogens is 604 g/mol. The lowest BCUT2D eigenvalue weighted by atomic mass is 9.82. The highest BCUT2D eigenvalue weighted by Gasteiger charge is 2.42. The molecule has 0 aromatic carbocycles. The fourth-order valence-electron chi connectivity index (χ4n) is 7.04. The summed E-state index contributed by atoms with van der Waals surface area (Å²) >= 11 is 0. The molecule has 6 nitrogen and oxygen atoms in total. The van der Waals surface area contributed by atoms with Gasteiger partial charge in [-0.1, -0.05) is 93.4 Å². The van der Waals surface area contributed by atoms with Gasteiger partial charge in [-0.2, -0.15) is 0 Å². The van der Waals surface area contributed by atoms with Crippen molar-refractivity contribution in [2.75, 3.05) is 19.7 Å². The molecule has 0 radical (unpaired) electrons. The van der Waals surface area contributed by atoms with Crippen molar-refractivity contribution in [2.24, 2.45) is 23.2 Å². The molecule has 5 unspecified atom stereocenters. The number of hydrogen-bond acceptors (Lipinski definition) is 6. The average molecular weight is 674 g/mol. The Labute approximate surface area is 292 Å². The molecule has 2 rings (SSSR count). The van der Waals surface area contributed by atoms with Crippen LogP contribution in [0.3, 0.4) is 0 Å². The summed E-state index contributed by atoms with van der Waals surface area (Å²) in [5.41, 5.74) is 3.34. The van der Waals surface area contributed by atoms with Gasteiger partial charge < -0.3 is 30.9 Å². The SMILES string of the molecule is C=C(NC(C(=C)N1C[C@H](C)C(C)C1C(=C)NC(CCC(C)(F)F)CC(=C)C(=C)NCC)C1CCCCC1)NC(COC(=C)C)C(C)(C)C. The zero-order valence-corrected chi connectivity index (χ0v) is 31.7. The molecule has 0 aromatic rings. The number of likely N-dealkylation sites (tertiary alicyclic amines) is 1. The predicted molar refractivity (Wildman–Crippen MR) is 200 cm³/mol. The summed E-state index contributed by atoms with van der Waals surface area (Å²) in [5.74, 6) is -0.219. The van der Waals surface area contributed by atoms with Gasteiger partial charge in [-0.25, -0.2) is 8.78 Å². The Kier molecular flexibility index (Phi) is 15.6. The lowest BCUT2D eigenvalue weighted by Crippen LogP contribution is -2.51. The molecule has 1 saturated heterocycles. The monoisotopic (exact) mass is 674 g/mol. The number of alkyl halides is 2. The Morgan fingerprint density at radius 2 is 1.56 bits per heavy atom. The van der Waals surface area contributed by atoms with Gasteiger partial charge in [0.2, 0.25) is 5.92 Å². The van der Waals surface area contributed by atoms with Gasteiger partial charge in [0.15, 0.2) is 0 Å². The van der Waals surface area contributed by atoms with Gasteiger partial charge in [0, 0.05) is 42.6 Å². The number of ether oxygens (including phenoxy) is 1. The average Bonchev–Trinajstić information content (AvgIpc) is 3.29. The van der Waals surface area contributed by atoms with Crippen molar-refractivity contribution in [3.05, 3.63) is 73.7 Å². The van der Waals surface area contributed by atoms with E-state index in [-0.39, 0.29) is 41.9 Å². The molecule has 8 heteroatoms. The number of allylic oxidation sites excluding steroid dienone is 2. The van der Waals surface area contributed by atoms with E-state index in [9.17, 15) is 8.78 Å². The van der Waals surface area contributed by atoms with Crippen LogP contribution in [-0.4, -0.2) is 54.7 Å². The van der Waals surface area contributed by atoms with Crippen LogP contribution in [0.1, 0.15) is 107 Å². The number of rotatable bonds is 21. The third-order valence-corrected chi connectivity index (χ3v) is 10.3. The number of likely N-dealkylation sites (N-methyl/N-ethyl adjacent to an activating group) is 1. The maximum atomic E-state index is 14.1. The van der Waals surface area contributed by atoms with Crippen LogP contribution in [0.15, 0.2) is 73.7 Å². The molecular formula is C40H69F2N5O. The first-order valence-corrected chi connectivity index (χ1v) is 18.1. The zero-order valence-electron chi connectivity index (χ0n) is 31.7. The second kappa shape index (κ2) is 18.2. The summed E-state index contributed by atoms with van der Waals surface area (Å²) in [4.78, 5) is 2.41. The Balaban J connectivity index is 2.34. The minimum Gasteiger partial charge on any atom is -0.497 e. The van der Waals surface area contributed by atoms with E-state index in [2.05, 4.69) is 93.7 Å². The van der Waals surface area contributed by atoms with Crippen LogP contribution in [0, 0.1) is 23.2 Å². The molecule has 1 saturated carbocycles. The number of hydrogen-bond donors (Lipinski definition) is 4. The van der Waals surface area contributed by atoms with E-state index in [1.165, 1.54) is 19.3 Å². The van der Waals surface area contributed by atoms with Crippen molar-refractivity contribution in [3.8, 4) is 0 Å². The Hall–Kier alpha value is -2.90. The van der Waals surface area contributed by atoms with Gasteiger partial charge in [0.05, 0.1) is 29.7 Å². The summed E-state index contributed by atoms with van der Waals surface area (Å²) in [5, 5.41) is 14.2. The van der Waals surface area contributed by atoms with E-state index in [4.69, 9.17) is 11.3 Å². The van der Waals surface area contributed by atoms with Gasteiger partial charge >= 0.3 is 0 Å². The Morgan fingerprint density at radius 3 is 2.10 bits per heavy atom. The standard InChI is InChI=1S/C40H69F2N5O/c1-15-43-30(7)27(4)23-35(21-22-40(14,41)42)44-31(8)38-29(6)28(5)24-47(38)32(9)37(34-19-17-16-18-20-34)46-33(10)45-36(39(11,12)13)25-48-26(2)3/h28-29,34-38,43-46H,2,4,7-10,15-25H2,1,3,5-6,11-14H3/t28-,29?,35?,36?,37?,38?/m0/s1. The number of halogens is 2. The van der Waals surface area contributed by atoms with Crippen LogP contribution in [0.2, 0.25) is 0 Å². The summed E-state index contributed by atoms with van der Waals surface area (Å²) in [7, 11) is 0. The Bertz CT molecular complexity index is 1130. The summed E-state index contributed by atoms with van der Waals surface area (Å²) in [6.45, 7) is 43.9. The van der Waals surface area contributed by atoms with Gasteiger partial charge in [0.25, 0.3) is 0 Å². The Morgan fingerprint density at radius 1 is 0.938 bits per heavy atom. The summed E-state index contributed by atoms with van der Waals surface area (Å²) in [6.07, 6.45) is 6.47. The normalized spacial score (nSPS) is 22.2. The van der Waals surface area contributed by atoms with Crippen LogP contribution in [0.5, 0.6) is 0 Å². The lowest BCUT2D eigenvalue weighted by Gasteiger charge is -2.42. The molecule has 2 fully saturated rings. The summed E-state index contributed by atoms with van der Waals surface area (Å²) < 4.78 is 34.0. The molecule has 0 spiro atoms. The van der Waals surface area contributed by atoms with Crippen LogP contribution in [-0.2, 0) is 4.74 Å². The highest BCUT2D eigenvalue weighted by Crippen LogP contribution is 2.39. The van der Waals surface area contributed by atoms with E-state index in [0.29, 0.717) is 37.0 Å². The zero-order chi connectivity index (χ0) is 36.4. The van der Waals surface area contributed by atoms with E-state index < -0.39 is 5.92 Å². The number of nitrogens with one attached hydrogen (secondary N) is 4. The van der Waals surface area contributed by atoms with Crippen LogP contribution in [0.25, 0.3) is 0 Å². The molecule has 2 aliphatic rings. The van der Waals surface area contributed by atoms with Crippen LogP contribution in [0.4, 0.5) is 8.78 Å². The largest absolute Gasteiger partial charge is 0.497 e. The van der Waals surface area contributed by atoms with E-state index in [1.807, 2.05) is 13.8 Å². The van der Waals surface area contributed by atoms with Crippen LogP contribution >= 0.6 is 0 Å². The topological polar surface area (TPSA) is 60.6 Å². The first-order valence-electron chi connectivity index (χ1n) is 18.1. The van der Waals surface area contributed by atoms with Gasteiger partial charge in [-0.15, -0.1) is 0 Å². The molecule has 1 heterocycles. The maximum Gasteiger partial charge on any atom is 0.245 e. The minimum atomic E-state index is -2.76. The quantitative estimate of drug-likeness (QED) is 0.0721. The van der Waals surface area contributed by atoms with Crippen LogP contribution < -0.4 is 21.3 Å². The second-order valence-electron chi connectivity index (χ2n) is 15.8. The highest BCUT2D eigenvalue weighted by molar-refractivity contribution is 5.26. The van der Waals surface area contributed by atoms with Crippen molar-refractivity contribution < 1.29 is 13.5 Å². The highest BCUT2D eigenvalue weighted by atomic mass is 19.3. The van der Waals surface area contributed by atoms with Gasteiger partial charge in [-0.3, -0.25) is 0 Å².